The minimum atomic E-state index is 0.630. The Bertz CT molecular complexity index is 1120. The maximum absolute atomic E-state index is 5.94. The quantitative estimate of drug-likeness (QED) is 0.426. The molecule has 0 bridgehead atoms. The van der Waals surface area contributed by atoms with Crippen LogP contribution in [0.3, 0.4) is 0 Å². The van der Waals surface area contributed by atoms with Gasteiger partial charge in [-0.2, -0.15) is 9.61 Å². The number of aromatic nitrogens is 4. The monoisotopic (exact) mass is 412 g/mol. The number of halogens is 1. The van der Waals surface area contributed by atoms with Gasteiger partial charge in [0.1, 0.15) is 5.03 Å². The third kappa shape index (κ3) is 3.76. The molecule has 4 aromatic rings. The average Bonchev–Trinajstić information content (AvgIpc) is 3.16. The maximum atomic E-state index is 5.94. The number of fused-ring (bicyclic) bond motifs is 1. The average molecular weight is 413 g/mol. The summed E-state index contributed by atoms with van der Waals surface area (Å²) in [5.74, 6) is 2.73. The molecule has 2 aromatic heterocycles. The van der Waals surface area contributed by atoms with E-state index in [2.05, 4.69) is 10.2 Å². The molecule has 0 aliphatic rings. The zero-order valence-corrected chi connectivity index (χ0v) is 16.9. The number of thioether (sulfide) groups is 1. The molecule has 8 heteroatoms. The van der Waals surface area contributed by atoms with Crippen LogP contribution in [0.25, 0.3) is 17.0 Å². The van der Waals surface area contributed by atoms with E-state index in [0.717, 1.165) is 21.4 Å². The molecule has 28 heavy (non-hydrogen) atoms. The molecule has 6 nitrogen and oxygen atoms in total. The van der Waals surface area contributed by atoms with Crippen molar-refractivity contribution in [3.8, 4) is 22.9 Å². The molecule has 0 fully saturated rings. The lowest BCUT2D eigenvalue weighted by Gasteiger charge is -2.09. The van der Waals surface area contributed by atoms with Crippen LogP contribution < -0.4 is 9.47 Å². The summed E-state index contributed by atoms with van der Waals surface area (Å²) in [6.45, 7) is 0. The van der Waals surface area contributed by atoms with E-state index in [1.54, 1.807) is 30.5 Å². The second-order valence-electron chi connectivity index (χ2n) is 5.95. The summed E-state index contributed by atoms with van der Waals surface area (Å²) in [5, 5.41) is 14.8. The van der Waals surface area contributed by atoms with E-state index in [-0.39, 0.29) is 0 Å². The standard InChI is InChI=1S/C20H17ClN4O2S/c1-26-16-8-5-14(11-17(16)27-2)20-23-22-18-9-10-19(24-25(18)20)28-12-13-3-6-15(21)7-4-13/h3-11H,12H2,1-2H3. The summed E-state index contributed by atoms with van der Waals surface area (Å²) in [7, 11) is 3.21. The molecule has 4 rings (SSSR count). The topological polar surface area (TPSA) is 61.5 Å². The Morgan fingerprint density at radius 3 is 2.46 bits per heavy atom. The number of methoxy groups -OCH3 is 2. The Kier molecular flexibility index (Phi) is 5.36. The van der Waals surface area contributed by atoms with Crippen LogP contribution in [0.5, 0.6) is 11.5 Å². The summed E-state index contributed by atoms with van der Waals surface area (Å²) < 4.78 is 12.4. The zero-order chi connectivity index (χ0) is 19.5. The van der Waals surface area contributed by atoms with E-state index in [0.29, 0.717) is 23.0 Å². The third-order valence-electron chi connectivity index (χ3n) is 4.18. The molecule has 0 saturated heterocycles. The van der Waals surface area contributed by atoms with E-state index in [1.165, 1.54) is 5.56 Å². The summed E-state index contributed by atoms with van der Waals surface area (Å²) in [6.07, 6.45) is 0. The number of rotatable bonds is 6. The van der Waals surface area contributed by atoms with Gasteiger partial charge in [0.05, 0.1) is 14.2 Å². The van der Waals surface area contributed by atoms with Gasteiger partial charge in [0, 0.05) is 16.3 Å². The maximum Gasteiger partial charge on any atom is 0.185 e. The van der Waals surface area contributed by atoms with Crippen LogP contribution in [0.15, 0.2) is 59.6 Å². The predicted octanol–water partition coefficient (Wildman–Crippen LogP) is 4.75. The first-order valence-corrected chi connectivity index (χ1v) is 9.86. The van der Waals surface area contributed by atoms with Crippen molar-refractivity contribution in [1.29, 1.82) is 0 Å². The summed E-state index contributed by atoms with van der Waals surface area (Å²) in [6, 6.07) is 17.3. The van der Waals surface area contributed by atoms with Crippen molar-refractivity contribution in [2.24, 2.45) is 0 Å². The lowest BCUT2D eigenvalue weighted by Crippen LogP contribution is -1.97. The Balaban J connectivity index is 1.63. The van der Waals surface area contributed by atoms with Gasteiger partial charge in [-0.3, -0.25) is 0 Å². The van der Waals surface area contributed by atoms with Gasteiger partial charge in [-0.1, -0.05) is 35.5 Å². The van der Waals surface area contributed by atoms with Crippen LogP contribution in [0.1, 0.15) is 5.56 Å². The molecule has 2 aromatic carbocycles. The van der Waals surface area contributed by atoms with Crippen LogP contribution >= 0.6 is 23.4 Å². The van der Waals surface area contributed by atoms with Crippen LogP contribution in [0.4, 0.5) is 0 Å². The van der Waals surface area contributed by atoms with Crippen molar-refractivity contribution in [1.82, 2.24) is 19.8 Å². The Hall–Kier alpha value is -2.77. The van der Waals surface area contributed by atoms with Crippen molar-refractivity contribution in [3.63, 3.8) is 0 Å². The van der Waals surface area contributed by atoms with Crippen LogP contribution in [0, 0.1) is 0 Å². The highest BCUT2D eigenvalue weighted by atomic mass is 35.5. The van der Waals surface area contributed by atoms with Gasteiger partial charge in [0.25, 0.3) is 0 Å². The van der Waals surface area contributed by atoms with Gasteiger partial charge in [-0.15, -0.1) is 10.2 Å². The number of ether oxygens (including phenoxy) is 2. The molecule has 0 aliphatic heterocycles. The highest BCUT2D eigenvalue weighted by Crippen LogP contribution is 2.32. The molecule has 0 spiro atoms. The van der Waals surface area contributed by atoms with Gasteiger partial charge in [-0.05, 0) is 48.0 Å². The number of hydrogen-bond donors (Lipinski definition) is 0. The highest BCUT2D eigenvalue weighted by Gasteiger charge is 2.13. The molecular weight excluding hydrogens is 396 g/mol. The van der Waals surface area contributed by atoms with Crippen molar-refractivity contribution >= 4 is 29.0 Å². The summed E-state index contributed by atoms with van der Waals surface area (Å²) in [4.78, 5) is 0. The molecular formula is C20H17ClN4O2S. The molecule has 2 heterocycles. The van der Waals surface area contributed by atoms with Gasteiger partial charge in [0.15, 0.2) is 23.0 Å². The SMILES string of the molecule is COc1ccc(-c2nnc3ccc(SCc4ccc(Cl)cc4)nn23)cc1OC. The fourth-order valence-electron chi connectivity index (χ4n) is 2.74. The van der Waals surface area contributed by atoms with Crippen LogP contribution in [0.2, 0.25) is 5.02 Å². The molecule has 0 unspecified atom stereocenters. The lowest BCUT2D eigenvalue weighted by atomic mass is 10.2. The Morgan fingerprint density at radius 1 is 0.929 bits per heavy atom. The largest absolute Gasteiger partial charge is 0.493 e. The fourth-order valence-corrected chi connectivity index (χ4v) is 3.68. The lowest BCUT2D eigenvalue weighted by molar-refractivity contribution is 0.355. The first kappa shape index (κ1) is 18.6. The van der Waals surface area contributed by atoms with Gasteiger partial charge >= 0.3 is 0 Å². The first-order chi connectivity index (χ1) is 13.7. The predicted molar refractivity (Wildman–Crippen MR) is 110 cm³/mol. The van der Waals surface area contributed by atoms with Gasteiger partial charge in [0.2, 0.25) is 0 Å². The van der Waals surface area contributed by atoms with Gasteiger partial charge < -0.3 is 9.47 Å². The number of nitrogens with zero attached hydrogens (tertiary/aromatic N) is 4. The van der Waals surface area contributed by atoms with Crippen molar-refractivity contribution < 1.29 is 9.47 Å². The smallest absolute Gasteiger partial charge is 0.185 e. The zero-order valence-electron chi connectivity index (χ0n) is 15.3. The third-order valence-corrected chi connectivity index (χ3v) is 5.42. The fraction of sp³-hybridized carbons (Fsp3) is 0.150. The summed E-state index contributed by atoms with van der Waals surface area (Å²) in [5.41, 5.74) is 2.71. The van der Waals surface area contributed by atoms with E-state index in [4.69, 9.17) is 26.2 Å². The molecule has 0 atom stereocenters. The molecule has 0 N–H and O–H groups in total. The molecule has 0 radical (unpaired) electrons. The van der Waals surface area contributed by atoms with E-state index in [1.807, 2.05) is 54.6 Å². The summed E-state index contributed by atoms with van der Waals surface area (Å²) >= 11 is 7.58. The Morgan fingerprint density at radius 2 is 1.71 bits per heavy atom. The molecule has 142 valence electrons. The molecule has 0 saturated carbocycles. The minimum absolute atomic E-state index is 0.630. The second kappa shape index (κ2) is 8.08. The van der Waals surface area contributed by atoms with Crippen molar-refractivity contribution in [3.05, 3.63) is 65.2 Å². The Labute approximate surface area is 171 Å². The number of hydrogen-bond acceptors (Lipinski definition) is 6. The van der Waals surface area contributed by atoms with Crippen molar-refractivity contribution in [2.75, 3.05) is 14.2 Å². The molecule has 0 aliphatic carbocycles. The first-order valence-electron chi connectivity index (χ1n) is 8.50. The highest BCUT2D eigenvalue weighted by molar-refractivity contribution is 7.98. The number of benzene rings is 2. The minimum Gasteiger partial charge on any atom is -0.493 e. The van der Waals surface area contributed by atoms with Crippen molar-refractivity contribution in [2.45, 2.75) is 10.8 Å². The van der Waals surface area contributed by atoms with E-state index >= 15 is 0 Å². The van der Waals surface area contributed by atoms with Crippen LogP contribution in [-0.2, 0) is 5.75 Å². The van der Waals surface area contributed by atoms with Crippen LogP contribution in [-0.4, -0.2) is 34.0 Å². The molecule has 0 amide bonds. The second-order valence-corrected chi connectivity index (χ2v) is 7.38. The van der Waals surface area contributed by atoms with E-state index < -0.39 is 0 Å². The van der Waals surface area contributed by atoms with Gasteiger partial charge in [-0.25, -0.2) is 0 Å². The normalized spacial score (nSPS) is 11.0. The van der Waals surface area contributed by atoms with E-state index in [9.17, 15) is 0 Å².